The zero-order valence-electron chi connectivity index (χ0n) is 19.0. The number of hydrogen-bond donors (Lipinski definition) is 1. The molecule has 0 amide bonds. The molecule has 4 aromatic rings. The van der Waals surface area contributed by atoms with E-state index in [2.05, 4.69) is 0 Å². The van der Waals surface area contributed by atoms with Crippen LogP contribution in [0.3, 0.4) is 0 Å². The third kappa shape index (κ3) is 4.80. The van der Waals surface area contributed by atoms with E-state index in [1.807, 2.05) is 38.1 Å². The van der Waals surface area contributed by atoms with Crippen LogP contribution in [0.2, 0.25) is 0 Å². The molecule has 0 saturated carbocycles. The number of rotatable bonds is 9. The van der Waals surface area contributed by atoms with E-state index in [0.717, 1.165) is 16.2 Å². The van der Waals surface area contributed by atoms with Gasteiger partial charge in [0, 0.05) is 22.9 Å². The second-order valence-electron chi connectivity index (χ2n) is 8.04. The summed E-state index contributed by atoms with van der Waals surface area (Å²) in [7, 11) is -2.36. The molecule has 2 aromatic heterocycles. The quantitative estimate of drug-likeness (QED) is 0.330. The van der Waals surface area contributed by atoms with Gasteiger partial charge in [0.25, 0.3) is 10.0 Å². The number of aryl methyl sites for hydroxylation is 1. The van der Waals surface area contributed by atoms with Crippen molar-refractivity contribution in [3.8, 4) is 21.9 Å². The maximum atomic E-state index is 13.6. The third-order valence-corrected chi connectivity index (χ3v) is 8.55. The Balaban J connectivity index is 1.72. The third-order valence-electron chi connectivity index (χ3n) is 5.27. The first kappa shape index (κ1) is 23.8. The molecular weight excluding hydrogens is 474 g/mol. The molecule has 0 radical (unpaired) electrons. The summed E-state index contributed by atoms with van der Waals surface area (Å²) in [5.74, 6) is 0.383. The molecule has 0 aliphatic carbocycles. The Morgan fingerprint density at radius 3 is 2.41 bits per heavy atom. The van der Waals surface area contributed by atoms with E-state index in [1.165, 1.54) is 28.6 Å². The second kappa shape index (κ2) is 9.52. The van der Waals surface area contributed by atoms with Crippen LogP contribution in [0.15, 0.2) is 65.0 Å². The lowest BCUT2D eigenvalue weighted by Gasteiger charge is -2.09. The summed E-state index contributed by atoms with van der Waals surface area (Å²) in [6.45, 7) is 3.91. The predicted octanol–water partition coefficient (Wildman–Crippen LogP) is 5.42. The molecule has 9 heteroatoms. The van der Waals surface area contributed by atoms with Gasteiger partial charge in [-0.1, -0.05) is 0 Å². The van der Waals surface area contributed by atoms with Crippen LogP contribution in [0.5, 0.6) is 11.5 Å². The van der Waals surface area contributed by atoms with E-state index in [-0.39, 0.29) is 23.2 Å². The van der Waals surface area contributed by atoms with Crippen molar-refractivity contribution in [1.29, 1.82) is 0 Å². The van der Waals surface area contributed by atoms with E-state index in [9.17, 15) is 13.2 Å². The molecule has 0 saturated heterocycles. The highest BCUT2D eigenvalue weighted by Gasteiger charge is 2.24. The predicted molar refractivity (Wildman–Crippen MR) is 133 cm³/mol. The van der Waals surface area contributed by atoms with E-state index < -0.39 is 16.0 Å². The number of ether oxygens (including phenoxy) is 2. The number of benzene rings is 2. The molecule has 2 aromatic carbocycles. The van der Waals surface area contributed by atoms with Gasteiger partial charge in [0.05, 0.1) is 18.7 Å². The summed E-state index contributed by atoms with van der Waals surface area (Å²) >= 11 is 1.18. The zero-order chi connectivity index (χ0) is 24.5. The van der Waals surface area contributed by atoms with Gasteiger partial charge in [-0.25, -0.2) is 3.97 Å². The molecule has 0 bridgehead atoms. The summed E-state index contributed by atoms with van der Waals surface area (Å²) in [6, 6.07) is 16.0. The Bertz CT molecular complexity index is 1430. The largest absolute Gasteiger partial charge is 0.497 e. The second-order valence-corrected chi connectivity index (χ2v) is 11.2. The monoisotopic (exact) mass is 499 g/mol. The first-order chi connectivity index (χ1) is 16.2. The molecule has 0 aliphatic rings. The number of thiophene rings is 1. The number of aliphatic carboxylic acids is 1. The van der Waals surface area contributed by atoms with Gasteiger partial charge in [-0.3, -0.25) is 4.79 Å². The summed E-state index contributed by atoms with van der Waals surface area (Å²) in [4.78, 5) is 11.9. The summed E-state index contributed by atoms with van der Waals surface area (Å²) in [6.07, 6.45) is 1.69. The van der Waals surface area contributed by atoms with Gasteiger partial charge in [-0.2, -0.15) is 8.42 Å². The Morgan fingerprint density at radius 2 is 1.76 bits per heavy atom. The van der Waals surface area contributed by atoms with Crippen molar-refractivity contribution in [2.75, 3.05) is 7.11 Å². The van der Waals surface area contributed by atoms with Gasteiger partial charge >= 0.3 is 5.97 Å². The Morgan fingerprint density at radius 1 is 1.06 bits per heavy atom. The van der Waals surface area contributed by atoms with Crippen LogP contribution >= 0.6 is 11.3 Å². The van der Waals surface area contributed by atoms with E-state index in [4.69, 9.17) is 14.6 Å². The van der Waals surface area contributed by atoms with Crippen LogP contribution in [0.25, 0.3) is 21.3 Å². The van der Waals surface area contributed by atoms with Crippen molar-refractivity contribution in [2.24, 2.45) is 0 Å². The normalized spacial score (nSPS) is 11.8. The lowest BCUT2D eigenvalue weighted by molar-refractivity contribution is -0.136. The molecular formula is C25H25NO6S2. The number of carboxylic acids is 1. The Labute approximate surface area is 202 Å². The van der Waals surface area contributed by atoms with E-state index >= 15 is 0 Å². The summed E-state index contributed by atoms with van der Waals surface area (Å²) < 4.78 is 39.5. The van der Waals surface area contributed by atoms with Crippen molar-refractivity contribution in [3.63, 3.8) is 0 Å². The average Bonchev–Trinajstić information content (AvgIpc) is 3.43. The molecule has 1 N–H and O–H groups in total. The topological polar surface area (TPSA) is 94.8 Å². The molecule has 0 aliphatic heterocycles. The number of aromatic nitrogens is 1. The summed E-state index contributed by atoms with van der Waals surface area (Å²) in [5.41, 5.74) is 2.01. The maximum absolute atomic E-state index is 13.6. The summed E-state index contributed by atoms with van der Waals surface area (Å²) in [5, 5.41) is 9.76. The standard InChI is InChI=1S/C25H25NO6S2/c1-16(2)32-19-7-4-17(5-8-19)23-11-13-25(33-23)34(29,30)26-15-18(6-12-24(27)28)21-14-20(31-3)9-10-22(21)26/h4-5,7-11,13-16H,6,12H2,1-3H3,(H,27,28). The first-order valence-electron chi connectivity index (χ1n) is 10.7. The highest BCUT2D eigenvalue weighted by molar-refractivity contribution is 7.92. The average molecular weight is 500 g/mol. The number of nitrogens with zero attached hydrogens (tertiary/aromatic N) is 1. The molecule has 0 fully saturated rings. The lowest BCUT2D eigenvalue weighted by Crippen LogP contribution is -2.10. The number of hydrogen-bond acceptors (Lipinski definition) is 6. The van der Waals surface area contributed by atoms with Crippen LogP contribution in [0.1, 0.15) is 25.8 Å². The van der Waals surface area contributed by atoms with E-state index in [1.54, 1.807) is 30.3 Å². The van der Waals surface area contributed by atoms with Gasteiger partial charge in [-0.05, 0) is 86.0 Å². The van der Waals surface area contributed by atoms with Crippen molar-refractivity contribution >= 4 is 38.2 Å². The van der Waals surface area contributed by atoms with Gasteiger partial charge in [-0.15, -0.1) is 11.3 Å². The molecule has 0 atom stereocenters. The van der Waals surface area contributed by atoms with Gasteiger partial charge < -0.3 is 14.6 Å². The minimum absolute atomic E-state index is 0.0704. The number of fused-ring (bicyclic) bond motifs is 1. The maximum Gasteiger partial charge on any atom is 0.303 e. The van der Waals surface area contributed by atoms with Crippen LogP contribution in [-0.4, -0.2) is 36.7 Å². The van der Waals surface area contributed by atoms with Crippen molar-refractivity contribution in [3.05, 3.63) is 66.4 Å². The van der Waals surface area contributed by atoms with Crippen LogP contribution in [0.4, 0.5) is 0 Å². The van der Waals surface area contributed by atoms with Crippen LogP contribution < -0.4 is 9.47 Å². The molecule has 0 spiro atoms. The van der Waals surface area contributed by atoms with E-state index in [0.29, 0.717) is 22.2 Å². The van der Waals surface area contributed by atoms with Gasteiger partial charge in [0.1, 0.15) is 15.7 Å². The number of carboxylic acid groups (broad SMARTS) is 1. The molecule has 4 rings (SSSR count). The van der Waals surface area contributed by atoms with Gasteiger partial charge in [0.2, 0.25) is 0 Å². The Hall–Kier alpha value is -3.30. The molecule has 2 heterocycles. The molecule has 0 unspecified atom stereocenters. The minimum Gasteiger partial charge on any atom is -0.497 e. The Kier molecular flexibility index (Phi) is 6.67. The van der Waals surface area contributed by atoms with Gasteiger partial charge in [0.15, 0.2) is 0 Å². The van der Waals surface area contributed by atoms with Crippen molar-refractivity contribution < 1.29 is 27.8 Å². The lowest BCUT2D eigenvalue weighted by atomic mass is 10.1. The molecule has 178 valence electrons. The molecule has 34 heavy (non-hydrogen) atoms. The fourth-order valence-corrected chi connectivity index (χ4v) is 6.48. The van der Waals surface area contributed by atoms with Crippen molar-refractivity contribution in [1.82, 2.24) is 3.97 Å². The fraction of sp³-hybridized carbons (Fsp3) is 0.240. The fourth-order valence-electron chi connectivity index (χ4n) is 3.69. The van der Waals surface area contributed by atoms with Crippen molar-refractivity contribution in [2.45, 2.75) is 37.0 Å². The number of methoxy groups -OCH3 is 1. The SMILES string of the molecule is COc1ccc2c(c1)c(CCC(=O)O)cn2S(=O)(=O)c1ccc(-c2ccc(OC(C)C)cc2)s1. The first-order valence-corrected chi connectivity index (χ1v) is 13.0. The van der Waals surface area contributed by atoms with Crippen LogP contribution in [-0.2, 0) is 21.2 Å². The highest BCUT2D eigenvalue weighted by atomic mass is 32.2. The minimum atomic E-state index is -3.89. The number of carbonyl (C=O) groups is 1. The zero-order valence-corrected chi connectivity index (χ0v) is 20.7. The highest BCUT2D eigenvalue weighted by Crippen LogP contribution is 2.35. The smallest absolute Gasteiger partial charge is 0.303 e. The van der Waals surface area contributed by atoms with Crippen LogP contribution in [0, 0.1) is 0 Å². The molecule has 7 nitrogen and oxygen atoms in total.